The molecule has 0 bridgehead atoms. The van der Waals surface area contributed by atoms with E-state index in [1.165, 1.54) is 6.26 Å². The number of oxazole rings is 1. The predicted molar refractivity (Wildman–Crippen MR) is 104 cm³/mol. The first-order valence-electron chi connectivity index (χ1n) is 9.94. The van der Waals surface area contributed by atoms with Crippen LogP contribution in [0.4, 0.5) is 5.95 Å². The second-order valence-electron chi connectivity index (χ2n) is 7.25. The number of nitrogens with one attached hydrogen (secondary N) is 1. The lowest BCUT2D eigenvalue weighted by Crippen LogP contribution is -2.52. The number of amides is 1. The van der Waals surface area contributed by atoms with Gasteiger partial charge in [0.2, 0.25) is 11.8 Å². The number of hydrogen-bond donors (Lipinski definition) is 1. The second-order valence-corrected chi connectivity index (χ2v) is 7.25. The molecular formula is C19H27N7O2. The van der Waals surface area contributed by atoms with Gasteiger partial charge in [-0.3, -0.25) is 9.69 Å². The van der Waals surface area contributed by atoms with Gasteiger partial charge in [-0.05, 0) is 12.5 Å². The van der Waals surface area contributed by atoms with E-state index in [1.54, 1.807) is 12.4 Å². The number of aromatic nitrogens is 3. The lowest BCUT2D eigenvalue weighted by molar-refractivity contribution is 0.0695. The molecule has 0 unspecified atom stereocenters. The maximum Gasteiger partial charge on any atom is 0.275 e. The standard InChI is InChI=1S/C19H27N7O2/c1-2-15-12-26(7-6-20-15)18(27)16-14-28-17(23-16)13-24-8-10-25(11-9-24)19-21-4-3-5-22-19/h3-5,14-15,20H,2,6-13H2,1H3/t15-/m1/s1. The molecule has 2 aromatic heterocycles. The molecule has 1 atom stereocenters. The highest BCUT2D eigenvalue weighted by Crippen LogP contribution is 2.14. The van der Waals surface area contributed by atoms with Gasteiger partial charge in [0, 0.05) is 64.2 Å². The van der Waals surface area contributed by atoms with Gasteiger partial charge < -0.3 is 19.5 Å². The Morgan fingerprint density at radius 1 is 1.21 bits per heavy atom. The van der Waals surface area contributed by atoms with Gasteiger partial charge in [0.05, 0.1) is 6.54 Å². The molecule has 4 heterocycles. The molecule has 0 saturated carbocycles. The summed E-state index contributed by atoms with van der Waals surface area (Å²) in [5.74, 6) is 1.32. The quantitative estimate of drug-likeness (QED) is 0.801. The summed E-state index contributed by atoms with van der Waals surface area (Å²) in [5.41, 5.74) is 0.406. The van der Waals surface area contributed by atoms with Gasteiger partial charge >= 0.3 is 0 Å². The van der Waals surface area contributed by atoms with Crippen molar-refractivity contribution in [3.05, 3.63) is 36.3 Å². The van der Waals surface area contributed by atoms with Crippen molar-refractivity contribution in [3.8, 4) is 0 Å². The molecule has 9 heteroatoms. The Hall–Kier alpha value is -2.52. The largest absolute Gasteiger partial charge is 0.447 e. The Morgan fingerprint density at radius 3 is 2.75 bits per heavy atom. The summed E-state index contributed by atoms with van der Waals surface area (Å²) in [6, 6.07) is 2.18. The summed E-state index contributed by atoms with van der Waals surface area (Å²) in [6.45, 7) is 8.46. The minimum absolute atomic E-state index is 0.0407. The van der Waals surface area contributed by atoms with Crippen molar-refractivity contribution >= 4 is 11.9 Å². The van der Waals surface area contributed by atoms with Gasteiger partial charge in [-0.15, -0.1) is 0 Å². The molecule has 0 aliphatic carbocycles. The van der Waals surface area contributed by atoms with Crippen LogP contribution in [0.1, 0.15) is 29.7 Å². The van der Waals surface area contributed by atoms with E-state index in [0.717, 1.165) is 51.6 Å². The minimum atomic E-state index is -0.0407. The van der Waals surface area contributed by atoms with E-state index in [0.29, 0.717) is 30.7 Å². The molecule has 2 aliphatic rings. The van der Waals surface area contributed by atoms with E-state index in [9.17, 15) is 4.79 Å². The third-order valence-corrected chi connectivity index (χ3v) is 5.37. The van der Waals surface area contributed by atoms with Crippen molar-refractivity contribution in [1.82, 2.24) is 30.1 Å². The fourth-order valence-corrected chi connectivity index (χ4v) is 3.68. The summed E-state index contributed by atoms with van der Waals surface area (Å²) >= 11 is 0. The molecule has 4 rings (SSSR count). The van der Waals surface area contributed by atoms with Gasteiger partial charge in [-0.1, -0.05) is 6.92 Å². The minimum Gasteiger partial charge on any atom is -0.447 e. The predicted octanol–water partition coefficient (Wildman–Crippen LogP) is 0.611. The van der Waals surface area contributed by atoms with E-state index in [1.807, 2.05) is 11.0 Å². The summed E-state index contributed by atoms with van der Waals surface area (Å²) in [5, 5.41) is 3.42. The third kappa shape index (κ3) is 4.31. The van der Waals surface area contributed by atoms with Crippen LogP contribution < -0.4 is 10.2 Å². The zero-order valence-electron chi connectivity index (χ0n) is 16.3. The molecular weight excluding hydrogens is 358 g/mol. The Labute approximate surface area is 164 Å². The summed E-state index contributed by atoms with van der Waals surface area (Å²) in [6.07, 6.45) is 6.03. The lowest BCUT2D eigenvalue weighted by Gasteiger charge is -2.33. The maximum absolute atomic E-state index is 12.7. The molecule has 0 radical (unpaired) electrons. The molecule has 9 nitrogen and oxygen atoms in total. The number of carbonyl (C=O) groups is 1. The van der Waals surface area contributed by atoms with Gasteiger partial charge in [0.1, 0.15) is 6.26 Å². The summed E-state index contributed by atoms with van der Waals surface area (Å²) in [4.78, 5) is 32.1. The molecule has 0 aromatic carbocycles. The van der Waals surface area contributed by atoms with E-state index in [-0.39, 0.29) is 5.91 Å². The van der Waals surface area contributed by atoms with Crippen LogP contribution >= 0.6 is 0 Å². The molecule has 1 amide bonds. The van der Waals surface area contributed by atoms with Gasteiger partial charge in [-0.25, -0.2) is 15.0 Å². The monoisotopic (exact) mass is 385 g/mol. The average Bonchev–Trinajstić information content (AvgIpc) is 3.23. The van der Waals surface area contributed by atoms with E-state index in [4.69, 9.17) is 4.42 Å². The zero-order valence-corrected chi connectivity index (χ0v) is 16.3. The smallest absolute Gasteiger partial charge is 0.275 e. The maximum atomic E-state index is 12.7. The van der Waals surface area contributed by atoms with Crippen LogP contribution in [-0.4, -0.2) is 82.5 Å². The van der Waals surface area contributed by atoms with Crippen molar-refractivity contribution in [2.24, 2.45) is 0 Å². The Morgan fingerprint density at radius 2 is 2.00 bits per heavy atom. The van der Waals surface area contributed by atoms with Crippen molar-refractivity contribution in [1.29, 1.82) is 0 Å². The van der Waals surface area contributed by atoms with Gasteiger partial charge in [-0.2, -0.15) is 0 Å². The van der Waals surface area contributed by atoms with Crippen LogP contribution in [0, 0.1) is 0 Å². The fraction of sp³-hybridized carbons (Fsp3) is 0.579. The topological polar surface area (TPSA) is 90.6 Å². The lowest BCUT2D eigenvalue weighted by atomic mass is 10.1. The first kappa shape index (κ1) is 18.8. The van der Waals surface area contributed by atoms with Crippen LogP contribution in [-0.2, 0) is 6.54 Å². The van der Waals surface area contributed by atoms with Gasteiger partial charge in [0.25, 0.3) is 5.91 Å². The number of anilines is 1. The molecule has 28 heavy (non-hydrogen) atoms. The average molecular weight is 385 g/mol. The highest BCUT2D eigenvalue weighted by Gasteiger charge is 2.26. The third-order valence-electron chi connectivity index (χ3n) is 5.37. The number of nitrogens with zero attached hydrogens (tertiary/aromatic N) is 6. The number of carbonyl (C=O) groups excluding carboxylic acids is 1. The zero-order chi connectivity index (χ0) is 19.3. The van der Waals surface area contributed by atoms with Gasteiger partial charge in [0.15, 0.2) is 5.69 Å². The van der Waals surface area contributed by atoms with Crippen LogP contribution in [0.25, 0.3) is 0 Å². The molecule has 0 spiro atoms. The first-order chi connectivity index (χ1) is 13.7. The molecule has 2 aliphatic heterocycles. The van der Waals surface area contributed by atoms with Crippen LogP contribution in [0.15, 0.2) is 29.1 Å². The summed E-state index contributed by atoms with van der Waals surface area (Å²) in [7, 11) is 0. The van der Waals surface area contributed by atoms with Crippen LogP contribution in [0.3, 0.4) is 0 Å². The summed E-state index contributed by atoms with van der Waals surface area (Å²) < 4.78 is 5.59. The van der Waals surface area contributed by atoms with Crippen molar-refractivity contribution < 1.29 is 9.21 Å². The van der Waals surface area contributed by atoms with E-state index < -0.39 is 0 Å². The van der Waals surface area contributed by atoms with Crippen LogP contribution in [0.2, 0.25) is 0 Å². The molecule has 150 valence electrons. The van der Waals surface area contributed by atoms with Crippen LogP contribution in [0.5, 0.6) is 0 Å². The fourth-order valence-electron chi connectivity index (χ4n) is 3.68. The SMILES string of the molecule is CC[C@@H]1CN(C(=O)c2coc(CN3CCN(c4ncccn4)CC3)n2)CCN1. The second kappa shape index (κ2) is 8.66. The van der Waals surface area contributed by atoms with E-state index >= 15 is 0 Å². The molecule has 1 N–H and O–H groups in total. The Balaban J connectivity index is 1.30. The first-order valence-corrected chi connectivity index (χ1v) is 9.94. The Bertz CT molecular complexity index is 774. The highest BCUT2D eigenvalue weighted by molar-refractivity contribution is 5.92. The van der Waals surface area contributed by atoms with Crippen molar-refractivity contribution in [2.75, 3.05) is 50.7 Å². The number of hydrogen-bond acceptors (Lipinski definition) is 8. The van der Waals surface area contributed by atoms with E-state index in [2.05, 4.69) is 37.0 Å². The molecule has 2 saturated heterocycles. The van der Waals surface area contributed by atoms with Crippen molar-refractivity contribution in [2.45, 2.75) is 25.9 Å². The normalized spacial score (nSPS) is 21.1. The Kier molecular flexibility index (Phi) is 5.82. The van der Waals surface area contributed by atoms with Crippen molar-refractivity contribution in [3.63, 3.8) is 0 Å². The molecule has 2 aromatic rings. The number of piperazine rings is 2. The molecule has 2 fully saturated rings. The number of rotatable bonds is 5. The highest BCUT2D eigenvalue weighted by atomic mass is 16.3.